The Balaban J connectivity index is 1.55. The molecule has 1 N–H and O–H groups in total. The van der Waals surface area contributed by atoms with E-state index in [1.54, 1.807) is 25.1 Å². The van der Waals surface area contributed by atoms with Crippen LogP contribution in [-0.4, -0.2) is 47.3 Å². The molecule has 2 aliphatic rings. The third-order valence-corrected chi connectivity index (χ3v) is 5.24. The fourth-order valence-electron chi connectivity index (χ4n) is 3.80. The van der Waals surface area contributed by atoms with Crippen LogP contribution in [0.3, 0.4) is 0 Å². The molecular formula is C18H19FN2O4. The molecule has 7 heteroatoms. The lowest BCUT2D eigenvalue weighted by atomic mass is 9.81. The molecule has 2 aromatic rings. The highest BCUT2D eigenvalue weighted by Gasteiger charge is 2.56. The minimum atomic E-state index is -0.827. The average molecular weight is 346 g/mol. The Morgan fingerprint density at radius 2 is 2.28 bits per heavy atom. The monoisotopic (exact) mass is 346 g/mol. The van der Waals surface area contributed by atoms with E-state index in [-0.39, 0.29) is 24.2 Å². The number of aliphatic carboxylic acids is 1. The van der Waals surface area contributed by atoms with Crippen molar-refractivity contribution in [1.82, 2.24) is 9.88 Å². The van der Waals surface area contributed by atoms with E-state index in [4.69, 9.17) is 9.15 Å². The Bertz CT molecular complexity index is 821. The summed E-state index contributed by atoms with van der Waals surface area (Å²) in [5.74, 6) is -0.324. The SMILES string of the molecule is Cc1oc(-c2ccccc2F)nc1CN1C[C@@H]2COC[C@]2(C(=O)O)C1. The van der Waals surface area contributed by atoms with Crippen LogP contribution < -0.4 is 0 Å². The largest absolute Gasteiger partial charge is 0.481 e. The molecule has 1 aromatic carbocycles. The number of oxazole rings is 1. The number of likely N-dealkylation sites (tertiary alicyclic amines) is 1. The lowest BCUT2D eigenvalue weighted by Crippen LogP contribution is -2.38. The van der Waals surface area contributed by atoms with E-state index in [0.29, 0.717) is 43.3 Å². The Labute approximate surface area is 144 Å². The zero-order chi connectivity index (χ0) is 17.6. The van der Waals surface area contributed by atoms with Crippen molar-refractivity contribution in [2.75, 3.05) is 26.3 Å². The second-order valence-electron chi connectivity index (χ2n) is 6.84. The number of carboxylic acids is 1. The van der Waals surface area contributed by atoms with Gasteiger partial charge in [0, 0.05) is 25.6 Å². The third kappa shape index (κ3) is 2.63. The van der Waals surface area contributed by atoms with Crippen molar-refractivity contribution >= 4 is 5.97 Å². The van der Waals surface area contributed by atoms with Crippen LogP contribution in [-0.2, 0) is 16.1 Å². The van der Waals surface area contributed by atoms with Gasteiger partial charge in [0.05, 0.1) is 24.5 Å². The highest BCUT2D eigenvalue weighted by Crippen LogP contribution is 2.42. The van der Waals surface area contributed by atoms with Gasteiger partial charge in [0.25, 0.3) is 0 Å². The molecule has 0 bridgehead atoms. The van der Waals surface area contributed by atoms with Crippen molar-refractivity contribution in [1.29, 1.82) is 0 Å². The molecule has 1 aromatic heterocycles. The van der Waals surface area contributed by atoms with Gasteiger partial charge in [-0.15, -0.1) is 0 Å². The molecule has 4 rings (SSSR count). The quantitative estimate of drug-likeness (QED) is 0.916. The van der Waals surface area contributed by atoms with Crippen LogP contribution in [0.1, 0.15) is 11.5 Å². The molecule has 2 fully saturated rings. The molecule has 0 amide bonds. The molecule has 2 saturated heterocycles. The summed E-state index contributed by atoms with van der Waals surface area (Å²) in [5.41, 5.74) is 0.205. The molecule has 3 heterocycles. The molecule has 0 spiro atoms. The van der Waals surface area contributed by atoms with E-state index in [9.17, 15) is 14.3 Å². The molecule has 0 unspecified atom stereocenters. The zero-order valence-corrected chi connectivity index (χ0v) is 13.9. The summed E-state index contributed by atoms with van der Waals surface area (Å²) in [5, 5.41) is 9.61. The lowest BCUT2D eigenvalue weighted by Gasteiger charge is -2.21. The smallest absolute Gasteiger partial charge is 0.313 e. The minimum Gasteiger partial charge on any atom is -0.481 e. The summed E-state index contributed by atoms with van der Waals surface area (Å²) in [7, 11) is 0. The first kappa shape index (κ1) is 16.2. The summed E-state index contributed by atoms with van der Waals surface area (Å²) < 4.78 is 25.0. The van der Waals surface area contributed by atoms with E-state index in [1.165, 1.54) is 6.07 Å². The molecule has 6 nitrogen and oxygen atoms in total. The number of hydrogen-bond acceptors (Lipinski definition) is 5. The number of carbonyl (C=O) groups is 1. The Morgan fingerprint density at radius 3 is 3.00 bits per heavy atom. The molecular weight excluding hydrogens is 327 g/mol. The standard InChI is InChI=1S/C18H19FN2O4/c1-11-15(20-16(25-11)13-4-2-3-5-14(13)19)7-21-6-12-8-24-10-18(12,9-21)17(22)23/h2-5,12H,6-10H2,1H3,(H,22,23)/t12-,18-/m1/s1. The number of halogens is 1. The first-order valence-electron chi connectivity index (χ1n) is 8.24. The number of fused-ring (bicyclic) bond motifs is 1. The summed E-state index contributed by atoms with van der Waals surface area (Å²) in [6, 6.07) is 6.34. The van der Waals surface area contributed by atoms with Crippen LogP contribution >= 0.6 is 0 Å². The van der Waals surface area contributed by atoms with Crippen LogP contribution in [0.2, 0.25) is 0 Å². The van der Waals surface area contributed by atoms with Gasteiger partial charge >= 0.3 is 5.97 Å². The number of benzene rings is 1. The van der Waals surface area contributed by atoms with Gasteiger partial charge in [-0.2, -0.15) is 0 Å². The fourth-order valence-corrected chi connectivity index (χ4v) is 3.80. The van der Waals surface area contributed by atoms with Crippen LogP contribution in [0.15, 0.2) is 28.7 Å². The minimum absolute atomic E-state index is 0.0109. The van der Waals surface area contributed by atoms with E-state index in [0.717, 1.165) is 0 Å². The van der Waals surface area contributed by atoms with E-state index < -0.39 is 11.4 Å². The van der Waals surface area contributed by atoms with Gasteiger partial charge in [-0.05, 0) is 19.1 Å². The maximum Gasteiger partial charge on any atom is 0.313 e. The van der Waals surface area contributed by atoms with E-state index in [2.05, 4.69) is 9.88 Å². The van der Waals surface area contributed by atoms with Gasteiger partial charge < -0.3 is 14.3 Å². The highest BCUT2D eigenvalue weighted by atomic mass is 19.1. The van der Waals surface area contributed by atoms with Crippen molar-refractivity contribution < 1.29 is 23.4 Å². The number of rotatable bonds is 4. The normalized spacial score (nSPS) is 26.1. The van der Waals surface area contributed by atoms with Gasteiger partial charge in [0.2, 0.25) is 5.89 Å². The van der Waals surface area contributed by atoms with Gasteiger partial charge in [-0.25, -0.2) is 9.37 Å². The van der Waals surface area contributed by atoms with Gasteiger partial charge in [-0.3, -0.25) is 9.69 Å². The zero-order valence-electron chi connectivity index (χ0n) is 13.9. The van der Waals surface area contributed by atoms with E-state index in [1.807, 2.05) is 0 Å². The van der Waals surface area contributed by atoms with Crippen molar-refractivity contribution in [3.63, 3.8) is 0 Å². The first-order valence-corrected chi connectivity index (χ1v) is 8.24. The number of carboxylic acid groups (broad SMARTS) is 1. The van der Waals surface area contributed by atoms with Crippen LogP contribution in [0.25, 0.3) is 11.5 Å². The van der Waals surface area contributed by atoms with Crippen LogP contribution in [0.4, 0.5) is 4.39 Å². The molecule has 0 radical (unpaired) electrons. The first-order chi connectivity index (χ1) is 12.0. The second-order valence-corrected chi connectivity index (χ2v) is 6.84. The predicted octanol–water partition coefficient (Wildman–Crippen LogP) is 2.32. The lowest BCUT2D eigenvalue weighted by molar-refractivity contribution is -0.149. The van der Waals surface area contributed by atoms with Gasteiger partial charge in [0.1, 0.15) is 17.0 Å². The molecule has 2 atom stereocenters. The number of hydrogen-bond donors (Lipinski definition) is 1. The fraction of sp³-hybridized carbons (Fsp3) is 0.444. The van der Waals surface area contributed by atoms with Crippen molar-refractivity contribution in [3.05, 3.63) is 41.5 Å². The van der Waals surface area contributed by atoms with Gasteiger partial charge in [-0.1, -0.05) is 12.1 Å². The molecule has 2 aliphatic heterocycles. The van der Waals surface area contributed by atoms with Crippen molar-refractivity contribution in [3.8, 4) is 11.5 Å². The summed E-state index contributed by atoms with van der Waals surface area (Å²) in [6.45, 7) is 4.07. The Kier molecular flexibility index (Phi) is 3.85. The Morgan fingerprint density at radius 1 is 1.48 bits per heavy atom. The second kappa shape index (κ2) is 5.93. The maximum atomic E-state index is 13.9. The van der Waals surface area contributed by atoms with Crippen molar-refractivity contribution in [2.45, 2.75) is 13.5 Å². The molecule has 132 valence electrons. The number of aromatic nitrogens is 1. The third-order valence-electron chi connectivity index (χ3n) is 5.24. The van der Waals surface area contributed by atoms with E-state index >= 15 is 0 Å². The maximum absolute atomic E-state index is 13.9. The summed E-state index contributed by atoms with van der Waals surface area (Å²) >= 11 is 0. The van der Waals surface area contributed by atoms with Gasteiger partial charge in [0.15, 0.2) is 0 Å². The number of aryl methyl sites for hydroxylation is 1. The average Bonchev–Trinajstić information content (AvgIpc) is 3.21. The molecule has 0 aliphatic carbocycles. The number of nitrogens with zero attached hydrogens (tertiary/aromatic N) is 2. The summed E-state index contributed by atoms with van der Waals surface area (Å²) in [4.78, 5) is 18.2. The van der Waals surface area contributed by atoms with Crippen LogP contribution in [0.5, 0.6) is 0 Å². The van der Waals surface area contributed by atoms with Crippen molar-refractivity contribution in [2.24, 2.45) is 11.3 Å². The van der Waals surface area contributed by atoms with Crippen LogP contribution in [0, 0.1) is 24.1 Å². The topological polar surface area (TPSA) is 75.8 Å². The molecule has 25 heavy (non-hydrogen) atoms. The predicted molar refractivity (Wildman–Crippen MR) is 86.3 cm³/mol. The highest BCUT2D eigenvalue weighted by molar-refractivity contribution is 5.76. The Hall–Kier alpha value is -2.25. The summed E-state index contributed by atoms with van der Waals surface area (Å²) in [6.07, 6.45) is 0. The molecule has 0 saturated carbocycles. The number of ether oxygens (including phenoxy) is 1.